The van der Waals surface area contributed by atoms with Crippen molar-refractivity contribution in [3.05, 3.63) is 121 Å². The van der Waals surface area contributed by atoms with Crippen LogP contribution in [0.4, 0.5) is 4.79 Å². The number of rotatable bonds is 13. The molecule has 6 aromatic rings. The Bertz CT molecular complexity index is 2670. The lowest BCUT2D eigenvalue weighted by Crippen LogP contribution is -2.51. The molecule has 3 fully saturated rings. The van der Waals surface area contributed by atoms with Gasteiger partial charge in [-0.15, -0.1) is 0 Å². The third kappa shape index (κ3) is 9.60. The van der Waals surface area contributed by atoms with Gasteiger partial charge in [0.2, 0.25) is 17.7 Å². The number of hydrogen-bond acceptors (Lipinski definition) is 8. The van der Waals surface area contributed by atoms with Gasteiger partial charge in [0.1, 0.15) is 23.7 Å². The molecule has 9 rings (SSSR count). The van der Waals surface area contributed by atoms with Gasteiger partial charge in [0, 0.05) is 38.3 Å². The van der Waals surface area contributed by atoms with Gasteiger partial charge < -0.3 is 39.9 Å². The zero-order chi connectivity index (χ0) is 45.7. The first kappa shape index (κ1) is 44.4. The number of aromatic nitrogens is 4. The number of imidazole rings is 2. The number of nitrogens with zero attached hydrogens (tertiary/aromatic N) is 4. The van der Waals surface area contributed by atoms with Gasteiger partial charge >= 0.3 is 6.09 Å². The Labute approximate surface area is 384 Å². The normalized spacial score (nSPS) is 18.7. The molecule has 0 bridgehead atoms. The fourth-order valence-electron chi connectivity index (χ4n) is 9.78. The number of hydrogen-bond donors (Lipinski definition) is 4. The topological polar surface area (TPSA) is 175 Å². The van der Waals surface area contributed by atoms with E-state index < -0.39 is 18.2 Å². The summed E-state index contributed by atoms with van der Waals surface area (Å²) in [5.74, 6) is 1.24. The molecule has 0 saturated carbocycles. The number of aromatic amines is 2. The van der Waals surface area contributed by atoms with E-state index in [4.69, 9.17) is 19.4 Å². The zero-order valence-corrected chi connectivity index (χ0v) is 37.8. The highest BCUT2D eigenvalue weighted by atomic mass is 16.5. The van der Waals surface area contributed by atoms with E-state index in [1.54, 1.807) is 0 Å². The lowest BCUT2D eigenvalue weighted by Gasteiger charge is -2.30. The molecule has 4 aromatic carbocycles. The second-order valence-electron chi connectivity index (χ2n) is 18.1. The van der Waals surface area contributed by atoms with E-state index in [1.807, 2.05) is 66.4 Å². The molecule has 14 heteroatoms. The van der Waals surface area contributed by atoms with Gasteiger partial charge in [-0.3, -0.25) is 14.4 Å². The maximum Gasteiger partial charge on any atom is 0.407 e. The van der Waals surface area contributed by atoms with E-state index in [-0.39, 0.29) is 41.6 Å². The number of carbonyl (C=O) groups excluding carboxylic acids is 4. The van der Waals surface area contributed by atoms with Crippen molar-refractivity contribution in [2.45, 2.75) is 83.0 Å². The first-order chi connectivity index (χ1) is 32.1. The number of benzene rings is 4. The molecule has 2 aromatic heterocycles. The van der Waals surface area contributed by atoms with Crippen molar-refractivity contribution >= 4 is 34.6 Å². The predicted octanol–water partition coefficient (Wildman–Crippen LogP) is 8.67. The Kier molecular flexibility index (Phi) is 13.3. The third-order valence-electron chi connectivity index (χ3n) is 13.5. The molecule has 0 aliphatic carbocycles. The molecule has 3 aliphatic heterocycles. The Balaban J connectivity index is 0.858. The molecule has 5 heterocycles. The maximum absolute atomic E-state index is 14.3. The first-order valence-electron chi connectivity index (χ1n) is 23.3. The molecule has 1 unspecified atom stereocenters. The molecule has 3 saturated heterocycles. The van der Waals surface area contributed by atoms with Crippen LogP contribution in [-0.4, -0.2) is 93.0 Å². The molecular weight excluding hydrogens is 833 g/mol. The predicted molar refractivity (Wildman–Crippen MR) is 252 cm³/mol. The number of alkyl carbamates (subject to hydrolysis) is 1. The van der Waals surface area contributed by atoms with Crippen molar-refractivity contribution in [1.29, 1.82) is 0 Å². The quantitative estimate of drug-likeness (QED) is 0.0891. The number of ether oxygens (including phenoxy) is 2. The molecule has 0 spiro atoms. The van der Waals surface area contributed by atoms with Crippen LogP contribution >= 0.6 is 0 Å². The van der Waals surface area contributed by atoms with Crippen molar-refractivity contribution in [2.75, 3.05) is 33.4 Å². The average Bonchev–Trinajstić information content (AvgIpc) is 4.20. The lowest BCUT2D eigenvalue weighted by molar-refractivity contribution is -0.138. The first-order valence-corrected chi connectivity index (χ1v) is 23.3. The highest BCUT2D eigenvalue weighted by molar-refractivity contribution is 5.91. The maximum atomic E-state index is 14.3. The van der Waals surface area contributed by atoms with Crippen LogP contribution in [0, 0.1) is 11.8 Å². The van der Waals surface area contributed by atoms with Gasteiger partial charge in [-0.25, -0.2) is 14.8 Å². The minimum atomic E-state index is -0.778. The van der Waals surface area contributed by atoms with Crippen LogP contribution in [0.3, 0.4) is 0 Å². The summed E-state index contributed by atoms with van der Waals surface area (Å²) in [4.78, 5) is 73.5. The van der Waals surface area contributed by atoms with Crippen molar-refractivity contribution < 1.29 is 28.7 Å². The minimum Gasteiger partial charge on any atom is -0.453 e. The molecular formula is C52H58N8O6. The van der Waals surface area contributed by atoms with E-state index in [1.165, 1.54) is 7.11 Å². The van der Waals surface area contributed by atoms with Crippen LogP contribution in [-0.2, 0) is 23.9 Å². The van der Waals surface area contributed by atoms with E-state index in [0.29, 0.717) is 32.7 Å². The number of amides is 4. The van der Waals surface area contributed by atoms with Crippen molar-refractivity contribution in [3.8, 4) is 33.6 Å². The summed E-state index contributed by atoms with van der Waals surface area (Å²) >= 11 is 0. The van der Waals surface area contributed by atoms with Crippen LogP contribution in [0.2, 0.25) is 0 Å². The molecule has 0 radical (unpaired) electrons. The van der Waals surface area contributed by atoms with E-state index in [9.17, 15) is 19.2 Å². The summed E-state index contributed by atoms with van der Waals surface area (Å²) in [5, 5.41) is 8.00. The summed E-state index contributed by atoms with van der Waals surface area (Å²) in [6, 6.07) is 28.8. The molecule has 4 amide bonds. The van der Waals surface area contributed by atoms with Crippen LogP contribution in [0.5, 0.6) is 0 Å². The van der Waals surface area contributed by atoms with Crippen LogP contribution in [0.1, 0.15) is 94.1 Å². The molecule has 14 nitrogen and oxygen atoms in total. The highest BCUT2D eigenvalue weighted by Crippen LogP contribution is 2.36. The van der Waals surface area contributed by atoms with Crippen LogP contribution in [0.15, 0.2) is 103 Å². The molecule has 4 N–H and O–H groups in total. The largest absolute Gasteiger partial charge is 0.453 e. The van der Waals surface area contributed by atoms with Gasteiger partial charge in [-0.1, -0.05) is 92.7 Å². The molecule has 342 valence electrons. The van der Waals surface area contributed by atoms with Crippen molar-refractivity contribution in [3.63, 3.8) is 0 Å². The Hall–Kier alpha value is -6.80. The Morgan fingerprint density at radius 3 is 1.88 bits per heavy atom. The van der Waals surface area contributed by atoms with Gasteiger partial charge in [0.15, 0.2) is 0 Å². The minimum absolute atomic E-state index is 0.108. The second kappa shape index (κ2) is 19.7. The smallest absolute Gasteiger partial charge is 0.407 e. The van der Waals surface area contributed by atoms with Crippen LogP contribution < -0.4 is 10.6 Å². The summed E-state index contributed by atoms with van der Waals surface area (Å²) in [5.41, 5.74) is 6.67. The monoisotopic (exact) mass is 890 g/mol. The third-order valence-corrected chi connectivity index (χ3v) is 13.5. The Morgan fingerprint density at radius 1 is 0.697 bits per heavy atom. The summed E-state index contributed by atoms with van der Waals surface area (Å²) in [6.45, 7) is 6.33. The second-order valence-corrected chi connectivity index (χ2v) is 18.1. The number of fused-ring (bicyclic) bond motifs is 1. The van der Waals surface area contributed by atoms with Crippen molar-refractivity contribution in [2.24, 2.45) is 11.8 Å². The van der Waals surface area contributed by atoms with Gasteiger partial charge in [-0.2, -0.15) is 0 Å². The van der Waals surface area contributed by atoms with E-state index in [0.717, 1.165) is 100 Å². The molecule has 4 atom stereocenters. The number of likely N-dealkylation sites (tertiary alicyclic amines) is 2. The molecule has 66 heavy (non-hydrogen) atoms. The fraction of sp³-hybridized carbons (Fsp3) is 0.385. The highest BCUT2D eigenvalue weighted by Gasteiger charge is 2.39. The number of methoxy groups -OCH3 is 1. The summed E-state index contributed by atoms with van der Waals surface area (Å²) in [7, 11) is 1.29. The summed E-state index contributed by atoms with van der Waals surface area (Å²) in [6.07, 6.45) is 8.38. The van der Waals surface area contributed by atoms with Gasteiger partial charge in [-0.05, 0) is 95.5 Å². The van der Waals surface area contributed by atoms with Crippen molar-refractivity contribution in [1.82, 2.24) is 40.4 Å². The van der Waals surface area contributed by atoms with Crippen LogP contribution in [0.25, 0.3) is 44.4 Å². The lowest BCUT2D eigenvalue weighted by atomic mass is 9.95. The van der Waals surface area contributed by atoms with Gasteiger partial charge in [0.25, 0.3) is 0 Å². The zero-order valence-electron chi connectivity index (χ0n) is 37.8. The fourth-order valence-corrected chi connectivity index (χ4v) is 9.78. The summed E-state index contributed by atoms with van der Waals surface area (Å²) < 4.78 is 10.3. The number of nitrogens with one attached hydrogen (secondary N) is 4. The Morgan fingerprint density at radius 2 is 1.26 bits per heavy atom. The SMILES string of the molecule is COC(=O)NC(C(=O)N1CCC[C@H]1c1ncc(-c2ccc3cc(-c4ccc(-c5cnc([C@@H]6CCCN6C(=O)[C@H](NC(=O)CC6CCOCC6)c6ccccc6)[nH]5)cc4)ccc3c2)[nH]1)C(C)C. The average molecular weight is 891 g/mol. The van der Waals surface area contributed by atoms with Gasteiger partial charge in [0.05, 0.1) is 43.0 Å². The standard InChI is InChI=1S/C52H58N8O6/c1-32(2)46(58-52(64)65-3)50(62)59-23-7-11-43(59)49-54-31-42(56-49)40-20-19-38-28-37(17-18-39(38)29-40)34-13-15-35(16-14-34)41-30-53-48(55-41)44-12-8-24-60(44)51(63)47(36-9-5-4-6-10-36)57-45(61)27-33-21-25-66-26-22-33/h4-6,9-10,13-20,28-33,43-44,46-47H,7-8,11-12,21-27H2,1-3H3,(H,53,55)(H,54,56)(H,57,61)(H,58,64)/t43-,44-,46?,47+/m0/s1. The van der Waals surface area contributed by atoms with E-state index in [2.05, 4.69) is 81.3 Å². The number of carbonyl (C=O) groups is 4. The molecule has 3 aliphatic rings. The number of H-pyrrole nitrogens is 2. The van der Waals surface area contributed by atoms with E-state index >= 15 is 0 Å².